The first kappa shape index (κ1) is 14.5. The molecule has 0 aliphatic carbocycles. The molecular formula is C16H16N6O2. The van der Waals surface area contributed by atoms with E-state index in [0.29, 0.717) is 33.4 Å². The molecule has 0 saturated carbocycles. The standard InChI is InChI=1S/C16H16N6O2/c17-7-1-3-9-11(5-7)21-15(19-9)13(23)14(24)16-20-10-4-2-8(18)6-12(10)22-16/h1-6,13-14,23-24H,17-18H2,(H,19,21)(H,20,22)/t13-,14-/m1/s1. The number of nitrogen functional groups attached to an aromatic ring is 2. The van der Waals surface area contributed by atoms with Crippen molar-refractivity contribution in [3.63, 3.8) is 0 Å². The highest BCUT2D eigenvalue weighted by Crippen LogP contribution is 2.29. The number of aliphatic hydroxyl groups is 2. The molecule has 4 rings (SSSR count). The summed E-state index contributed by atoms with van der Waals surface area (Å²) in [5.41, 5.74) is 15.3. The molecule has 0 fully saturated rings. The molecule has 122 valence electrons. The van der Waals surface area contributed by atoms with Gasteiger partial charge in [0.25, 0.3) is 0 Å². The van der Waals surface area contributed by atoms with Crippen molar-refractivity contribution >= 4 is 33.4 Å². The number of hydrogen-bond acceptors (Lipinski definition) is 6. The predicted molar refractivity (Wildman–Crippen MR) is 90.9 cm³/mol. The number of aliphatic hydroxyl groups excluding tert-OH is 2. The van der Waals surface area contributed by atoms with Gasteiger partial charge in [0.1, 0.15) is 23.9 Å². The molecule has 0 amide bonds. The molecule has 0 radical (unpaired) electrons. The van der Waals surface area contributed by atoms with Gasteiger partial charge in [0.05, 0.1) is 22.1 Å². The second kappa shape index (κ2) is 5.22. The van der Waals surface area contributed by atoms with Crippen LogP contribution in [-0.4, -0.2) is 30.1 Å². The number of anilines is 2. The summed E-state index contributed by atoms with van der Waals surface area (Å²) in [6.45, 7) is 0. The summed E-state index contributed by atoms with van der Waals surface area (Å²) in [6.07, 6.45) is -2.53. The number of aromatic amines is 2. The van der Waals surface area contributed by atoms with Crippen molar-refractivity contribution in [3.8, 4) is 0 Å². The minimum atomic E-state index is -1.27. The van der Waals surface area contributed by atoms with Crippen molar-refractivity contribution < 1.29 is 10.2 Å². The molecular weight excluding hydrogens is 308 g/mol. The summed E-state index contributed by atoms with van der Waals surface area (Å²) in [5, 5.41) is 20.9. The Morgan fingerprint density at radius 1 is 0.750 bits per heavy atom. The van der Waals surface area contributed by atoms with Gasteiger partial charge in [0, 0.05) is 11.4 Å². The van der Waals surface area contributed by atoms with E-state index in [1.165, 1.54) is 0 Å². The molecule has 2 aromatic heterocycles. The summed E-state index contributed by atoms with van der Waals surface area (Å²) in [7, 11) is 0. The molecule has 0 aliphatic heterocycles. The van der Waals surface area contributed by atoms with Crippen molar-refractivity contribution in [3.05, 3.63) is 48.0 Å². The zero-order valence-corrected chi connectivity index (χ0v) is 12.6. The van der Waals surface area contributed by atoms with E-state index < -0.39 is 12.2 Å². The summed E-state index contributed by atoms with van der Waals surface area (Å²) in [6, 6.07) is 10.4. The molecule has 4 aromatic rings. The number of nitrogens with two attached hydrogens (primary N) is 2. The van der Waals surface area contributed by atoms with Crippen LogP contribution >= 0.6 is 0 Å². The third kappa shape index (κ3) is 2.34. The van der Waals surface area contributed by atoms with Gasteiger partial charge in [-0.15, -0.1) is 0 Å². The minimum absolute atomic E-state index is 0.239. The molecule has 8 nitrogen and oxygen atoms in total. The molecule has 0 saturated heterocycles. The lowest BCUT2D eigenvalue weighted by molar-refractivity contribution is 0.00780. The van der Waals surface area contributed by atoms with Gasteiger partial charge in [-0.1, -0.05) is 0 Å². The Bertz CT molecular complexity index is 954. The zero-order valence-electron chi connectivity index (χ0n) is 12.6. The quantitative estimate of drug-likeness (QED) is 0.313. The number of nitrogens with one attached hydrogen (secondary N) is 2. The van der Waals surface area contributed by atoms with E-state index in [9.17, 15) is 10.2 Å². The van der Waals surface area contributed by atoms with E-state index in [1.54, 1.807) is 36.4 Å². The summed E-state index contributed by atoms with van der Waals surface area (Å²) >= 11 is 0. The number of nitrogens with zero attached hydrogens (tertiary/aromatic N) is 2. The van der Waals surface area contributed by atoms with Crippen LogP contribution in [0.15, 0.2) is 36.4 Å². The lowest BCUT2D eigenvalue weighted by Gasteiger charge is -2.13. The maximum atomic E-state index is 10.4. The SMILES string of the molecule is Nc1ccc2nc([C@H](O)[C@@H](O)c3nc4ccc(N)cc4[nH]3)[nH]c2c1. The lowest BCUT2D eigenvalue weighted by Crippen LogP contribution is -2.13. The van der Waals surface area contributed by atoms with E-state index in [0.717, 1.165) is 0 Å². The third-order valence-corrected chi connectivity index (χ3v) is 3.91. The zero-order chi connectivity index (χ0) is 16.8. The highest BCUT2D eigenvalue weighted by atomic mass is 16.3. The highest BCUT2D eigenvalue weighted by molar-refractivity contribution is 5.79. The van der Waals surface area contributed by atoms with Crippen LogP contribution in [0.5, 0.6) is 0 Å². The van der Waals surface area contributed by atoms with Crippen molar-refractivity contribution in [1.29, 1.82) is 0 Å². The van der Waals surface area contributed by atoms with E-state index in [-0.39, 0.29) is 11.6 Å². The van der Waals surface area contributed by atoms with E-state index >= 15 is 0 Å². The average molecular weight is 324 g/mol. The molecule has 8 N–H and O–H groups in total. The molecule has 0 aliphatic rings. The molecule has 0 spiro atoms. The fourth-order valence-electron chi connectivity index (χ4n) is 2.67. The minimum Gasteiger partial charge on any atom is -0.399 e. The largest absolute Gasteiger partial charge is 0.399 e. The molecule has 0 unspecified atom stereocenters. The summed E-state index contributed by atoms with van der Waals surface area (Å²) in [4.78, 5) is 14.5. The van der Waals surface area contributed by atoms with Crippen molar-refractivity contribution in [2.75, 3.05) is 11.5 Å². The molecule has 2 atom stereocenters. The maximum absolute atomic E-state index is 10.4. The van der Waals surface area contributed by atoms with Gasteiger partial charge in [-0.2, -0.15) is 0 Å². The topological polar surface area (TPSA) is 150 Å². The molecule has 24 heavy (non-hydrogen) atoms. The number of rotatable bonds is 3. The second-order valence-electron chi connectivity index (χ2n) is 5.69. The Morgan fingerprint density at radius 2 is 1.17 bits per heavy atom. The van der Waals surface area contributed by atoms with Crippen LogP contribution in [0, 0.1) is 0 Å². The lowest BCUT2D eigenvalue weighted by atomic mass is 10.2. The van der Waals surface area contributed by atoms with Gasteiger partial charge < -0.3 is 31.6 Å². The maximum Gasteiger partial charge on any atom is 0.145 e. The number of fused-ring (bicyclic) bond motifs is 2. The van der Waals surface area contributed by atoms with Gasteiger partial charge >= 0.3 is 0 Å². The van der Waals surface area contributed by atoms with Crippen LogP contribution in [0.1, 0.15) is 23.9 Å². The van der Waals surface area contributed by atoms with Crippen LogP contribution in [0.25, 0.3) is 22.1 Å². The van der Waals surface area contributed by atoms with Gasteiger partial charge in [-0.25, -0.2) is 9.97 Å². The first-order valence-electron chi connectivity index (χ1n) is 7.37. The summed E-state index contributed by atoms with van der Waals surface area (Å²) < 4.78 is 0. The first-order valence-corrected chi connectivity index (χ1v) is 7.37. The Balaban J connectivity index is 1.69. The fraction of sp³-hybridized carbons (Fsp3) is 0.125. The average Bonchev–Trinajstić information content (AvgIpc) is 3.16. The van der Waals surface area contributed by atoms with Crippen LogP contribution in [-0.2, 0) is 0 Å². The second-order valence-corrected chi connectivity index (χ2v) is 5.69. The van der Waals surface area contributed by atoms with Gasteiger partial charge in [-0.05, 0) is 36.4 Å². The number of aromatic nitrogens is 4. The Labute approximate surface area is 136 Å². The molecule has 2 aromatic carbocycles. The van der Waals surface area contributed by atoms with Crippen LogP contribution in [0.3, 0.4) is 0 Å². The number of imidazole rings is 2. The first-order chi connectivity index (χ1) is 11.5. The number of hydrogen-bond donors (Lipinski definition) is 6. The number of H-pyrrole nitrogens is 2. The normalized spacial score (nSPS) is 14.2. The molecule has 2 heterocycles. The van der Waals surface area contributed by atoms with E-state index in [1.807, 2.05) is 0 Å². The monoisotopic (exact) mass is 324 g/mol. The van der Waals surface area contributed by atoms with Crippen LogP contribution in [0.2, 0.25) is 0 Å². The van der Waals surface area contributed by atoms with Gasteiger partial charge in [0.15, 0.2) is 0 Å². The predicted octanol–water partition coefficient (Wildman–Crippen LogP) is 1.37. The molecule has 8 heteroatoms. The summed E-state index contributed by atoms with van der Waals surface area (Å²) in [5.74, 6) is 0.478. The smallest absolute Gasteiger partial charge is 0.145 e. The molecule has 0 bridgehead atoms. The van der Waals surface area contributed by atoms with E-state index in [2.05, 4.69) is 19.9 Å². The van der Waals surface area contributed by atoms with Crippen molar-refractivity contribution in [1.82, 2.24) is 19.9 Å². The highest BCUT2D eigenvalue weighted by Gasteiger charge is 2.26. The van der Waals surface area contributed by atoms with Crippen molar-refractivity contribution in [2.45, 2.75) is 12.2 Å². The third-order valence-electron chi connectivity index (χ3n) is 3.91. The van der Waals surface area contributed by atoms with Crippen LogP contribution < -0.4 is 11.5 Å². The Hall–Kier alpha value is -3.10. The Morgan fingerprint density at radius 3 is 1.58 bits per heavy atom. The fourth-order valence-corrected chi connectivity index (χ4v) is 2.67. The Kier molecular flexibility index (Phi) is 3.15. The number of benzene rings is 2. The van der Waals surface area contributed by atoms with Gasteiger partial charge in [0.2, 0.25) is 0 Å². The van der Waals surface area contributed by atoms with Gasteiger partial charge in [-0.3, -0.25) is 0 Å². The van der Waals surface area contributed by atoms with Crippen molar-refractivity contribution in [2.24, 2.45) is 0 Å². The van der Waals surface area contributed by atoms with Crippen LogP contribution in [0.4, 0.5) is 11.4 Å². The van der Waals surface area contributed by atoms with E-state index in [4.69, 9.17) is 11.5 Å².